The van der Waals surface area contributed by atoms with E-state index in [0.29, 0.717) is 5.02 Å². The molecule has 1 aromatic rings. The van der Waals surface area contributed by atoms with Crippen LogP contribution in [-0.4, -0.2) is 12.5 Å². The molecule has 0 aliphatic carbocycles. The second-order valence-corrected chi connectivity index (χ2v) is 3.33. The first kappa shape index (κ1) is 11.2. The van der Waals surface area contributed by atoms with Crippen LogP contribution in [0.15, 0.2) is 18.2 Å². The summed E-state index contributed by atoms with van der Waals surface area (Å²) in [4.78, 5) is 0. The lowest BCUT2D eigenvalue weighted by Crippen LogP contribution is -2.24. The van der Waals surface area contributed by atoms with Crippen LogP contribution < -0.4 is 5.32 Å². The molecule has 0 heterocycles. The maximum Gasteiger partial charge on any atom is 0.258 e. The van der Waals surface area contributed by atoms with E-state index < -0.39 is 18.3 Å². The van der Waals surface area contributed by atoms with E-state index in [9.17, 15) is 13.2 Å². The molecule has 1 N–H and O–H groups in total. The minimum Gasteiger partial charge on any atom is -0.374 e. The van der Waals surface area contributed by atoms with Gasteiger partial charge in [0.15, 0.2) is 0 Å². The van der Waals surface area contributed by atoms with Crippen molar-refractivity contribution in [3.05, 3.63) is 29.0 Å². The van der Waals surface area contributed by atoms with Crippen LogP contribution in [0.5, 0.6) is 0 Å². The summed E-state index contributed by atoms with van der Waals surface area (Å²) >= 11 is 5.59. The number of alkyl halides is 2. The van der Waals surface area contributed by atoms with Crippen molar-refractivity contribution in [1.29, 1.82) is 0 Å². The Kier molecular flexibility index (Phi) is 3.63. The largest absolute Gasteiger partial charge is 0.374 e. The lowest BCUT2D eigenvalue weighted by molar-refractivity contribution is 0.130. The molecular weight excluding hydrogens is 215 g/mol. The van der Waals surface area contributed by atoms with Crippen molar-refractivity contribution in [3.63, 3.8) is 0 Å². The summed E-state index contributed by atoms with van der Waals surface area (Å²) in [6.07, 6.45) is -2.55. The van der Waals surface area contributed by atoms with Gasteiger partial charge < -0.3 is 5.32 Å². The molecule has 1 nitrogen and oxygen atoms in total. The third kappa shape index (κ3) is 2.80. The van der Waals surface area contributed by atoms with Gasteiger partial charge in [0.1, 0.15) is 5.82 Å². The fraction of sp³-hybridized carbons (Fsp3) is 0.333. The quantitative estimate of drug-likeness (QED) is 0.827. The average molecular weight is 224 g/mol. The molecule has 14 heavy (non-hydrogen) atoms. The second-order valence-electron chi connectivity index (χ2n) is 2.89. The molecule has 0 spiro atoms. The lowest BCUT2D eigenvalue weighted by Gasteiger charge is -2.14. The molecule has 0 fully saturated rings. The van der Waals surface area contributed by atoms with Crippen molar-refractivity contribution in [1.82, 2.24) is 0 Å². The van der Waals surface area contributed by atoms with Crippen molar-refractivity contribution in [2.75, 3.05) is 5.32 Å². The van der Waals surface area contributed by atoms with Crippen LogP contribution in [-0.2, 0) is 0 Å². The van der Waals surface area contributed by atoms with Crippen molar-refractivity contribution < 1.29 is 13.2 Å². The first-order valence-corrected chi connectivity index (χ1v) is 4.38. The molecule has 0 saturated heterocycles. The van der Waals surface area contributed by atoms with E-state index in [1.54, 1.807) is 0 Å². The monoisotopic (exact) mass is 223 g/mol. The van der Waals surface area contributed by atoms with Crippen molar-refractivity contribution in [2.45, 2.75) is 19.4 Å². The molecule has 1 rings (SSSR count). The number of benzene rings is 1. The molecule has 0 saturated carbocycles. The molecule has 0 aliphatic rings. The van der Waals surface area contributed by atoms with Crippen molar-refractivity contribution in [2.24, 2.45) is 0 Å². The lowest BCUT2D eigenvalue weighted by atomic mass is 10.2. The third-order valence-electron chi connectivity index (χ3n) is 1.69. The zero-order valence-electron chi connectivity index (χ0n) is 7.40. The standard InChI is InChI=1S/C9H9ClF3N/c1-5(9(12)13)14-8-4-6(10)2-3-7(8)11/h2-5,9,14H,1H3. The SMILES string of the molecule is CC(Nc1cc(Cl)ccc1F)C(F)F. The van der Waals surface area contributed by atoms with Crippen LogP contribution in [0.2, 0.25) is 5.02 Å². The first-order chi connectivity index (χ1) is 6.50. The van der Waals surface area contributed by atoms with Crippen molar-refractivity contribution >= 4 is 17.3 Å². The highest BCUT2D eigenvalue weighted by atomic mass is 35.5. The van der Waals surface area contributed by atoms with Gasteiger partial charge in [-0.25, -0.2) is 13.2 Å². The Morgan fingerprint density at radius 2 is 2.00 bits per heavy atom. The molecule has 1 atom stereocenters. The van der Waals surface area contributed by atoms with Gasteiger partial charge in [-0.15, -0.1) is 0 Å². The van der Waals surface area contributed by atoms with E-state index in [1.165, 1.54) is 19.1 Å². The molecule has 0 aromatic heterocycles. The number of anilines is 1. The third-order valence-corrected chi connectivity index (χ3v) is 1.92. The molecule has 0 radical (unpaired) electrons. The Labute approximate surface area is 84.9 Å². The van der Waals surface area contributed by atoms with Gasteiger partial charge in [-0.05, 0) is 25.1 Å². The highest BCUT2D eigenvalue weighted by Crippen LogP contribution is 2.21. The van der Waals surface area contributed by atoms with Crippen LogP contribution in [0.1, 0.15) is 6.92 Å². The molecular formula is C9H9ClF3N. The number of halogens is 4. The normalized spacial score (nSPS) is 13.0. The Balaban J connectivity index is 2.80. The predicted octanol–water partition coefficient (Wildman–Crippen LogP) is 3.54. The van der Waals surface area contributed by atoms with E-state index in [-0.39, 0.29) is 5.69 Å². The van der Waals surface area contributed by atoms with Gasteiger partial charge in [0.05, 0.1) is 11.7 Å². The minimum absolute atomic E-state index is 0.00898. The Hall–Kier alpha value is -0.900. The Morgan fingerprint density at radius 3 is 2.57 bits per heavy atom. The van der Waals surface area contributed by atoms with E-state index in [4.69, 9.17) is 11.6 Å². The fourth-order valence-corrected chi connectivity index (χ4v) is 1.09. The molecule has 5 heteroatoms. The summed E-state index contributed by atoms with van der Waals surface area (Å²) in [6.45, 7) is 1.27. The molecule has 0 amide bonds. The van der Waals surface area contributed by atoms with Gasteiger partial charge in [0.2, 0.25) is 0 Å². The molecule has 1 unspecified atom stereocenters. The maximum absolute atomic E-state index is 13.0. The summed E-state index contributed by atoms with van der Waals surface area (Å²) in [7, 11) is 0. The topological polar surface area (TPSA) is 12.0 Å². The molecule has 78 valence electrons. The summed E-state index contributed by atoms with van der Waals surface area (Å²) in [6, 6.07) is 2.65. The zero-order chi connectivity index (χ0) is 10.7. The zero-order valence-corrected chi connectivity index (χ0v) is 8.15. The van der Waals surface area contributed by atoms with Crippen LogP contribution in [0, 0.1) is 5.82 Å². The summed E-state index contributed by atoms with van der Waals surface area (Å²) in [5.74, 6) is -0.595. The Morgan fingerprint density at radius 1 is 1.36 bits per heavy atom. The number of nitrogens with one attached hydrogen (secondary N) is 1. The van der Waals surface area contributed by atoms with E-state index >= 15 is 0 Å². The van der Waals surface area contributed by atoms with E-state index in [2.05, 4.69) is 5.32 Å². The molecule has 0 aliphatic heterocycles. The number of hydrogen-bond donors (Lipinski definition) is 1. The van der Waals surface area contributed by atoms with Crippen molar-refractivity contribution in [3.8, 4) is 0 Å². The van der Waals surface area contributed by atoms with Crippen LogP contribution >= 0.6 is 11.6 Å². The highest BCUT2D eigenvalue weighted by Gasteiger charge is 2.15. The number of hydrogen-bond acceptors (Lipinski definition) is 1. The van der Waals surface area contributed by atoms with Gasteiger partial charge in [-0.1, -0.05) is 11.6 Å². The fourth-order valence-electron chi connectivity index (χ4n) is 0.916. The van der Waals surface area contributed by atoms with Crippen LogP contribution in [0.4, 0.5) is 18.9 Å². The minimum atomic E-state index is -2.55. The summed E-state index contributed by atoms with van der Waals surface area (Å²) < 4.78 is 37.3. The van der Waals surface area contributed by atoms with Gasteiger partial charge in [-0.2, -0.15) is 0 Å². The molecule has 0 bridgehead atoms. The van der Waals surface area contributed by atoms with E-state index in [1.807, 2.05) is 0 Å². The summed E-state index contributed by atoms with van der Waals surface area (Å²) in [5.41, 5.74) is -0.00898. The van der Waals surface area contributed by atoms with Gasteiger partial charge in [-0.3, -0.25) is 0 Å². The van der Waals surface area contributed by atoms with Crippen LogP contribution in [0.25, 0.3) is 0 Å². The molecule has 1 aromatic carbocycles. The smallest absolute Gasteiger partial charge is 0.258 e. The number of rotatable bonds is 3. The maximum atomic E-state index is 13.0. The van der Waals surface area contributed by atoms with Gasteiger partial charge >= 0.3 is 0 Å². The Bertz CT molecular complexity index is 317. The highest BCUT2D eigenvalue weighted by molar-refractivity contribution is 6.30. The summed E-state index contributed by atoms with van der Waals surface area (Å²) in [5, 5.41) is 2.64. The average Bonchev–Trinajstić information content (AvgIpc) is 2.11. The van der Waals surface area contributed by atoms with Crippen LogP contribution in [0.3, 0.4) is 0 Å². The predicted molar refractivity (Wildman–Crippen MR) is 50.5 cm³/mol. The first-order valence-electron chi connectivity index (χ1n) is 4.00. The van der Waals surface area contributed by atoms with E-state index in [0.717, 1.165) is 6.07 Å². The second kappa shape index (κ2) is 4.55. The van der Waals surface area contributed by atoms with Gasteiger partial charge in [0.25, 0.3) is 6.43 Å². The van der Waals surface area contributed by atoms with Gasteiger partial charge in [0, 0.05) is 5.02 Å².